The number of carbonyl (C=O) groups is 1. The van der Waals surface area contributed by atoms with Gasteiger partial charge in [0.1, 0.15) is 6.29 Å². The molecule has 5 heteroatoms. The molecule has 0 spiro atoms. The van der Waals surface area contributed by atoms with Crippen LogP contribution in [-0.2, 0) is 14.8 Å². The molecule has 0 fully saturated rings. The number of nitrogens with one attached hydrogen (secondary N) is 1. The lowest BCUT2D eigenvalue weighted by atomic mass is 10.2. The van der Waals surface area contributed by atoms with Crippen molar-refractivity contribution in [1.82, 2.24) is 4.72 Å². The molecule has 0 unspecified atom stereocenters. The van der Waals surface area contributed by atoms with Crippen LogP contribution in [0.5, 0.6) is 0 Å². The van der Waals surface area contributed by atoms with Gasteiger partial charge in [-0.3, -0.25) is 0 Å². The highest BCUT2D eigenvalue weighted by molar-refractivity contribution is 7.89. The van der Waals surface area contributed by atoms with Gasteiger partial charge in [0.15, 0.2) is 0 Å². The summed E-state index contributed by atoms with van der Waals surface area (Å²) in [6, 6.07) is 6.63. The van der Waals surface area contributed by atoms with E-state index >= 15 is 0 Å². The van der Waals surface area contributed by atoms with E-state index in [9.17, 15) is 13.2 Å². The highest BCUT2D eigenvalue weighted by Crippen LogP contribution is 2.09. The maximum Gasteiger partial charge on any atom is 0.240 e. The normalized spacial score (nSPS) is 11.3. The van der Waals surface area contributed by atoms with Crippen molar-refractivity contribution in [3.05, 3.63) is 29.8 Å². The Labute approximate surface area is 95.7 Å². The molecule has 0 heterocycles. The molecule has 1 aromatic rings. The van der Waals surface area contributed by atoms with E-state index in [0.29, 0.717) is 12.8 Å². The third-order valence-electron chi connectivity index (χ3n) is 2.12. The highest BCUT2D eigenvalue weighted by atomic mass is 32.2. The van der Waals surface area contributed by atoms with Gasteiger partial charge in [-0.2, -0.15) is 0 Å². The molecule has 0 saturated heterocycles. The van der Waals surface area contributed by atoms with E-state index in [1.807, 2.05) is 6.92 Å². The minimum atomic E-state index is -3.42. The van der Waals surface area contributed by atoms with Crippen LogP contribution in [0.3, 0.4) is 0 Å². The summed E-state index contributed by atoms with van der Waals surface area (Å²) in [5, 5.41) is 0. The first-order chi connectivity index (χ1) is 7.56. The SMILES string of the molecule is Cc1ccc(S(=O)(=O)NCCCC=O)cc1. The van der Waals surface area contributed by atoms with Crippen LogP contribution >= 0.6 is 0 Å². The predicted octanol–water partition coefficient (Wildman–Crippen LogP) is 1.25. The molecule has 4 nitrogen and oxygen atoms in total. The van der Waals surface area contributed by atoms with E-state index in [2.05, 4.69) is 4.72 Å². The summed E-state index contributed by atoms with van der Waals surface area (Å²) in [7, 11) is -3.42. The first-order valence-electron chi connectivity index (χ1n) is 5.06. The number of sulfonamides is 1. The van der Waals surface area contributed by atoms with Crippen molar-refractivity contribution in [2.24, 2.45) is 0 Å². The molecule has 0 saturated carbocycles. The molecular formula is C11H15NO3S. The number of aryl methyl sites for hydroxylation is 1. The minimum absolute atomic E-state index is 0.254. The molecule has 88 valence electrons. The van der Waals surface area contributed by atoms with Gasteiger partial charge in [0.05, 0.1) is 4.90 Å². The van der Waals surface area contributed by atoms with Gasteiger partial charge in [-0.05, 0) is 25.5 Å². The molecule has 0 radical (unpaired) electrons. The van der Waals surface area contributed by atoms with Crippen LogP contribution in [0.15, 0.2) is 29.2 Å². The fraction of sp³-hybridized carbons (Fsp3) is 0.364. The monoisotopic (exact) mass is 241 g/mol. The molecular weight excluding hydrogens is 226 g/mol. The lowest BCUT2D eigenvalue weighted by Crippen LogP contribution is -2.24. The molecule has 0 aliphatic rings. The van der Waals surface area contributed by atoms with Crippen LogP contribution in [0.25, 0.3) is 0 Å². The molecule has 0 aromatic heterocycles. The van der Waals surface area contributed by atoms with Gasteiger partial charge in [0.25, 0.3) is 0 Å². The van der Waals surface area contributed by atoms with Gasteiger partial charge in [-0.25, -0.2) is 13.1 Å². The maximum atomic E-state index is 11.7. The Balaban J connectivity index is 2.63. The summed E-state index contributed by atoms with van der Waals surface area (Å²) < 4.78 is 25.9. The molecule has 0 bridgehead atoms. The van der Waals surface area contributed by atoms with Crippen LogP contribution in [0.4, 0.5) is 0 Å². The van der Waals surface area contributed by atoms with Gasteiger partial charge in [-0.15, -0.1) is 0 Å². The Kier molecular flexibility index (Phi) is 4.64. The Morgan fingerprint density at radius 1 is 1.25 bits per heavy atom. The maximum absolute atomic E-state index is 11.7. The molecule has 0 aliphatic heterocycles. The summed E-state index contributed by atoms with van der Waals surface area (Å²) in [6.07, 6.45) is 1.67. The second-order valence-corrected chi connectivity index (χ2v) is 5.29. The topological polar surface area (TPSA) is 63.2 Å². The van der Waals surface area contributed by atoms with Crippen molar-refractivity contribution < 1.29 is 13.2 Å². The molecule has 1 rings (SSSR count). The van der Waals surface area contributed by atoms with Gasteiger partial charge < -0.3 is 4.79 Å². The number of benzene rings is 1. The molecule has 0 aliphatic carbocycles. The van der Waals surface area contributed by atoms with Crippen LogP contribution < -0.4 is 4.72 Å². The van der Waals surface area contributed by atoms with Gasteiger partial charge in [0, 0.05) is 13.0 Å². The summed E-state index contributed by atoms with van der Waals surface area (Å²) in [5.41, 5.74) is 1.01. The Morgan fingerprint density at radius 3 is 2.44 bits per heavy atom. The Morgan fingerprint density at radius 2 is 1.88 bits per heavy atom. The second kappa shape index (κ2) is 5.77. The smallest absolute Gasteiger partial charge is 0.240 e. The van der Waals surface area contributed by atoms with Crippen molar-refractivity contribution in [2.45, 2.75) is 24.7 Å². The summed E-state index contributed by atoms with van der Waals surface area (Å²) >= 11 is 0. The molecule has 1 aromatic carbocycles. The summed E-state index contributed by atoms with van der Waals surface area (Å²) in [5.74, 6) is 0. The standard InChI is InChI=1S/C11H15NO3S/c1-10-4-6-11(7-5-10)16(14,15)12-8-2-3-9-13/h4-7,9,12H,2-3,8H2,1H3. The number of carbonyl (C=O) groups excluding carboxylic acids is 1. The zero-order valence-electron chi connectivity index (χ0n) is 9.14. The number of rotatable bonds is 6. The third kappa shape index (κ3) is 3.75. The van der Waals surface area contributed by atoms with Crippen molar-refractivity contribution in [2.75, 3.05) is 6.54 Å². The highest BCUT2D eigenvalue weighted by Gasteiger charge is 2.11. The van der Waals surface area contributed by atoms with Crippen molar-refractivity contribution in [1.29, 1.82) is 0 Å². The first kappa shape index (κ1) is 12.9. The van der Waals surface area contributed by atoms with Crippen molar-refractivity contribution in [3.63, 3.8) is 0 Å². The van der Waals surface area contributed by atoms with Crippen LogP contribution in [0.1, 0.15) is 18.4 Å². The number of unbranched alkanes of at least 4 members (excludes halogenated alkanes) is 1. The first-order valence-corrected chi connectivity index (χ1v) is 6.54. The zero-order chi connectivity index (χ0) is 12.0. The van der Waals surface area contributed by atoms with E-state index in [1.165, 1.54) is 0 Å². The van der Waals surface area contributed by atoms with Crippen molar-refractivity contribution in [3.8, 4) is 0 Å². The summed E-state index contributed by atoms with van der Waals surface area (Å²) in [6.45, 7) is 2.18. The van der Waals surface area contributed by atoms with E-state index in [0.717, 1.165) is 11.8 Å². The molecule has 0 atom stereocenters. The molecule has 16 heavy (non-hydrogen) atoms. The number of hydrogen-bond acceptors (Lipinski definition) is 3. The number of hydrogen-bond donors (Lipinski definition) is 1. The largest absolute Gasteiger partial charge is 0.303 e. The van der Waals surface area contributed by atoms with Crippen molar-refractivity contribution >= 4 is 16.3 Å². The predicted molar refractivity (Wildman–Crippen MR) is 61.7 cm³/mol. The van der Waals surface area contributed by atoms with Crippen LogP contribution in [0, 0.1) is 6.92 Å². The van der Waals surface area contributed by atoms with Gasteiger partial charge >= 0.3 is 0 Å². The fourth-order valence-corrected chi connectivity index (χ4v) is 2.27. The lowest BCUT2D eigenvalue weighted by Gasteiger charge is -2.05. The number of aldehydes is 1. The summed E-state index contributed by atoms with van der Waals surface area (Å²) in [4.78, 5) is 10.3. The average molecular weight is 241 g/mol. The van der Waals surface area contributed by atoms with E-state index < -0.39 is 10.0 Å². The lowest BCUT2D eigenvalue weighted by molar-refractivity contribution is -0.107. The third-order valence-corrected chi connectivity index (χ3v) is 3.60. The Bertz CT molecular complexity index is 437. The van der Waals surface area contributed by atoms with E-state index in [1.54, 1.807) is 24.3 Å². The quantitative estimate of drug-likeness (QED) is 0.602. The van der Waals surface area contributed by atoms with Crippen LogP contribution in [-0.4, -0.2) is 21.2 Å². The average Bonchev–Trinajstić information content (AvgIpc) is 2.25. The minimum Gasteiger partial charge on any atom is -0.303 e. The van der Waals surface area contributed by atoms with Gasteiger partial charge in [0.2, 0.25) is 10.0 Å². The molecule has 0 amide bonds. The molecule has 1 N–H and O–H groups in total. The van der Waals surface area contributed by atoms with E-state index in [-0.39, 0.29) is 11.4 Å². The zero-order valence-corrected chi connectivity index (χ0v) is 9.96. The second-order valence-electron chi connectivity index (χ2n) is 3.52. The van der Waals surface area contributed by atoms with E-state index in [4.69, 9.17) is 0 Å². The van der Waals surface area contributed by atoms with Crippen LogP contribution in [0.2, 0.25) is 0 Å². The fourth-order valence-electron chi connectivity index (χ4n) is 1.19. The van der Waals surface area contributed by atoms with Gasteiger partial charge in [-0.1, -0.05) is 17.7 Å². The Hall–Kier alpha value is -1.20.